The highest BCUT2D eigenvalue weighted by Crippen LogP contribution is 2.24. The van der Waals surface area contributed by atoms with E-state index in [-0.39, 0.29) is 22.4 Å². The number of nitrogens with zero attached hydrogens (tertiary/aromatic N) is 2. The molecule has 28 heavy (non-hydrogen) atoms. The van der Waals surface area contributed by atoms with E-state index in [2.05, 4.69) is 5.32 Å². The summed E-state index contributed by atoms with van der Waals surface area (Å²) in [5.41, 5.74) is 1.05. The van der Waals surface area contributed by atoms with E-state index in [1.54, 1.807) is 42.5 Å². The topological polar surface area (TPSA) is 94.7 Å². The fourth-order valence-electron chi connectivity index (χ4n) is 3.11. The Balaban J connectivity index is 1.56. The Morgan fingerprint density at radius 3 is 2.57 bits per heavy atom. The zero-order valence-corrected chi connectivity index (χ0v) is 16.6. The van der Waals surface area contributed by atoms with E-state index in [4.69, 9.17) is 16.9 Å². The minimum Gasteiger partial charge on any atom is -0.325 e. The van der Waals surface area contributed by atoms with Crippen molar-refractivity contribution in [1.82, 2.24) is 4.31 Å². The number of piperazine rings is 1. The van der Waals surface area contributed by atoms with Crippen LogP contribution in [0.3, 0.4) is 0 Å². The van der Waals surface area contributed by atoms with Crippen LogP contribution in [-0.4, -0.2) is 51.4 Å². The highest BCUT2D eigenvalue weighted by Gasteiger charge is 2.32. The third kappa shape index (κ3) is 4.69. The number of nitriles is 1. The Morgan fingerprint density at radius 2 is 1.89 bits per heavy atom. The number of hydrogen-bond acceptors (Lipinski definition) is 4. The third-order valence-corrected chi connectivity index (χ3v) is 6.97. The average Bonchev–Trinajstić information content (AvgIpc) is 2.68. The number of anilines is 1. The fourth-order valence-corrected chi connectivity index (χ4v) is 5.05. The first kappa shape index (κ1) is 20.3. The summed E-state index contributed by atoms with van der Waals surface area (Å²) < 4.78 is 26.9. The lowest BCUT2D eigenvalue weighted by molar-refractivity contribution is -0.895. The van der Waals surface area contributed by atoms with E-state index in [1.807, 2.05) is 6.07 Å². The molecular formula is C19H20ClN4O3S+. The highest BCUT2D eigenvalue weighted by atomic mass is 35.5. The van der Waals surface area contributed by atoms with Crippen LogP contribution in [0.15, 0.2) is 53.4 Å². The molecule has 0 aromatic heterocycles. The molecule has 1 fully saturated rings. The zero-order chi connectivity index (χ0) is 20.1. The van der Waals surface area contributed by atoms with Gasteiger partial charge in [-0.05, 0) is 30.3 Å². The van der Waals surface area contributed by atoms with Crippen LogP contribution < -0.4 is 10.2 Å². The molecule has 0 saturated carbocycles. The number of nitrogens with one attached hydrogen (secondary N) is 2. The van der Waals surface area contributed by atoms with E-state index in [0.717, 1.165) is 4.90 Å². The zero-order valence-electron chi connectivity index (χ0n) is 15.1. The van der Waals surface area contributed by atoms with E-state index in [0.29, 0.717) is 37.4 Å². The molecule has 146 valence electrons. The van der Waals surface area contributed by atoms with E-state index in [9.17, 15) is 13.2 Å². The molecular weight excluding hydrogens is 400 g/mol. The van der Waals surface area contributed by atoms with Gasteiger partial charge in [0.05, 0.1) is 42.8 Å². The number of carbonyl (C=O) groups is 1. The summed E-state index contributed by atoms with van der Waals surface area (Å²) in [5, 5.41) is 11.9. The molecule has 0 bridgehead atoms. The number of benzene rings is 2. The fraction of sp³-hybridized carbons (Fsp3) is 0.263. The lowest BCUT2D eigenvalue weighted by Crippen LogP contribution is -3.15. The molecule has 3 rings (SSSR count). The third-order valence-electron chi connectivity index (χ3n) is 4.57. The molecule has 2 aromatic carbocycles. The molecule has 9 heteroatoms. The molecule has 7 nitrogen and oxygen atoms in total. The number of rotatable bonds is 5. The predicted molar refractivity (Wildman–Crippen MR) is 106 cm³/mol. The van der Waals surface area contributed by atoms with Crippen LogP contribution in [0.2, 0.25) is 5.02 Å². The van der Waals surface area contributed by atoms with Crippen LogP contribution >= 0.6 is 11.6 Å². The molecule has 1 saturated heterocycles. The summed E-state index contributed by atoms with van der Waals surface area (Å²) in [6.45, 7) is 1.92. The maximum atomic E-state index is 12.8. The Labute approximate surface area is 169 Å². The van der Waals surface area contributed by atoms with Crippen LogP contribution in [0.5, 0.6) is 0 Å². The van der Waals surface area contributed by atoms with Crippen LogP contribution in [0.4, 0.5) is 5.69 Å². The van der Waals surface area contributed by atoms with Gasteiger partial charge in [0.1, 0.15) is 4.90 Å². The molecule has 0 spiro atoms. The molecule has 1 amide bonds. The number of carbonyl (C=O) groups excluding carboxylic acids is 1. The van der Waals surface area contributed by atoms with Gasteiger partial charge in [-0.15, -0.1) is 0 Å². The second-order valence-corrected chi connectivity index (χ2v) is 8.82. The summed E-state index contributed by atoms with van der Waals surface area (Å²) in [5.74, 6) is -0.174. The standard InChI is InChI=1S/C19H19ClN4O3S/c20-17-6-1-2-7-18(17)28(26,27)24-10-8-23(9-11-24)14-19(25)22-16-5-3-4-15(12-16)13-21/h1-7,12H,8-11,14H2,(H,22,25)/p+1. The molecule has 0 unspecified atom stereocenters. The van der Waals surface area contributed by atoms with Crippen molar-refractivity contribution >= 4 is 33.2 Å². The van der Waals surface area contributed by atoms with Gasteiger partial charge in [-0.25, -0.2) is 8.42 Å². The highest BCUT2D eigenvalue weighted by molar-refractivity contribution is 7.89. The molecule has 1 aliphatic heterocycles. The number of halogens is 1. The van der Waals surface area contributed by atoms with Gasteiger partial charge in [-0.2, -0.15) is 9.57 Å². The number of hydrogen-bond donors (Lipinski definition) is 2. The number of quaternary nitrogens is 1. The van der Waals surface area contributed by atoms with Crippen LogP contribution in [0.1, 0.15) is 5.56 Å². The normalized spacial score (nSPS) is 15.7. The number of sulfonamides is 1. The van der Waals surface area contributed by atoms with Crippen molar-refractivity contribution in [3.63, 3.8) is 0 Å². The first-order valence-electron chi connectivity index (χ1n) is 8.78. The summed E-state index contributed by atoms with van der Waals surface area (Å²) >= 11 is 6.04. The molecule has 2 N–H and O–H groups in total. The first-order chi connectivity index (χ1) is 13.4. The van der Waals surface area contributed by atoms with Crippen molar-refractivity contribution in [2.75, 3.05) is 38.0 Å². The number of amides is 1. The van der Waals surface area contributed by atoms with Gasteiger partial charge in [0.25, 0.3) is 5.91 Å². The van der Waals surface area contributed by atoms with Gasteiger partial charge in [-0.1, -0.05) is 29.8 Å². The quantitative estimate of drug-likeness (QED) is 0.747. The Kier molecular flexibility index (Phi) is 6.31. The monoisotopic (exact) mass is 419 g/mol. The molecule has 0 aliphatic carbocycles. The SMILES string of the molecule is N#Cc1cccc(NC(=O)C[NH+]2CCN(S(=O)(=O)c3ccccc3Cl)CC2)c1. The molecule has 2 aromatic rings. The van der Waals surface area contributed by atoms with Crippen molar-refractivity contribution in [3.05, 3.63) is 59.1 Å². The predicted octanol–water partition coefficient (Wildman–Crippen LogP) is 0.740. The summed E-state index contributed by atoms with van der Waals surface area (Å²) in [6, 6.07) is 15.1. The maximum absolute atomic E-state index is 12.8. The summed E-state index contributed by atoms with van der Waals surface area (Å²) in [4.78, 5) is 13.4. The second-order valence-electron chi connectivity index (χ2n) is 6.50. The Morgan fingerprint density at radius 1 is 1.18 bits per heavy atom. The van der Waals surface area contributed by atoms with Gasteiger partial charge in [0.15, 0.2) is 6.54 Å². The van der Waals surface area contributed by atoms with Crippen molar-refractivity contribution in [3.8, 4) is 6.07 Å². The Bertz CT molecular complexity index is 1010. The van der Waals surface area contributed by atoms with Crippen molar-refractivity contribution in [1.29, 1.82) is 5.26 Å². The Hall–Kier alpha value is -2.44. The van der Waals surface area contributed by atoms with Crippen LogP contribution in [0.25, 0.3) is 0 Å². The molecule has 1 aliphatic rings. The molecule has 0 atom stereocenters. The van der Waals surface area contributed by atoms with Crippen molar-refractivity contribution < 1.29 is 18.1 Å². The average molecular weight is 420 g/mol. The lowest BCUT2D eigenvalue weighted by Gasteiger charge is -2.31. The van der Waals surface area contributed by atoms with Gasteiger partial charge in [-0.3, -0.25) is 4.79 Å². The van der Waals surface area contributed by atoms with Crippen LogP contribution in [-0.2, 0) is 14.8 Å². The minimum absolute atomic E-state index is 0.107. The van der Waals surface area contributed by atoms with E-state index < -0.39 is 10.0 Å². The van der Waals surface area contributed by atoms with E-state index in [1.165, 1.54) is 10.4 Å². The van der Waals surface area contributed by atoms with Crippen LogP contribution in [0, 0.1) is 11.3 Å². The smallest absolute Gasteiger partial charge is 0.279 e. The first-order valence-corrected chi connectivity index (χ1v) is 10.6. The van der Waals surface area contributed by atoms with Crippen molar-refractivity contribution in [2.45, 2.75) is 4.90 Å². The minimum atomic E-state index is -3.64. The van der Waals surface area contributed by atoms with Gasteiger partial charge in [0.2, 0.25) is 10.0 Å². The van der Waals surface area contributed by atoms with Gasteiger partial charge < -0.3 is 10.2 Å². The lowest BCUT2D eigenvalue weighted by atomic mass is 10.2. The van der Waals surface area contributed by atoms with Crippen molar-refractivity contribution in [2.24, 2.45) is 0 Å². The molecule has 1 heterocycles. The molecule has 0 radical (unpaired) electrons. The summed E-state index contributed by atoms with van der Waals surface area (Å²) in [7, 11) is -3.64. The van der Waals surface area contributed by atoms with E-state index >= 15 is 0 Å². The summed E-state index contributed by atoms with van der Waals surface area (Å²) in [6.07, 6.45) is 0. The van der Waals surface area contributed by atoms with Gasteiger partial charge in [0, 0.05) is 5.69 Å². The largest absolute Gasteiger partial charge is 0.325 e. The second kappa shape index (κ2) is 8.71. The van der Waals surface area contributed by atoms with Gasteiger partial charge >= 0.3 is 0 Å². The maximum Gasteiger partial charge on any atom is 0.279 e.